The van der Waals surface area contributed by atoms with Crippen LogP contribution in [0, 0.1) is 0 Å². The van der Waals surface area contributed by atoms with E-state index in [4.69, 9.17) is 5.73 Å². The fourth-order valence-corrected chi connectivity index (χ4v) is 3.09. The Hall–Kier alpha value is -0.330. The highest BCUT2D eigenvalue weighted by Gasteiger charge is 2.13. The predicted octanol–water partition coefficient (Wildman–Crippen LogP) is 3.26. The van der Waals surface area contributed by atoms with Crippen molar-refractivity contribution in [3.63, 3.8) is 0 Å². The van der Waals surface area contributed by atoms with Crippen molar-refractivity contribution < 1.29 is 0 Å². The highest BCUT2D eigenvalue weighted by Crippen LogP contribution is 2.35. The van der Waals surface area contributed by atoms with Crippen molar-refractivity contribution >= 4 is 49.1 Å². The fraction of sp³-hybridized carbons (Fsp3) is 0.125. The van der Waals surface area contributed by atoms with Crippen LogP contribution in [0.3, 0.4) is 0 Å². The molecular formula is C8H7Br2N3S. The minimum atomic E-state index is 0.511. The number of aromatic nitrogens is 2. The molecule has 0 amide bonds. The highest BCUT2D eigenvalue weighted by atomic mass is 79.9. The molecule has 14 heavy (non-hydrogen) atoms. The molecule has 0 bridgehead atoms. The van der Waals surface area contributed by atoms with Crippen LogP contribution < -0.4 is 5.73 Å². The summed E-state index contributed by atoms with van der Waals surface area (Å²) in [5.41, 5.74) is 6.59. The third kappa shape index (κ3) is 1.62. The minimum Gasteiger partial charge on any atom is -0.369 e. The lowest BCUT2D eigenvalue weighted by Gasteiger charge is -1.94. The standard InChI is InChI=1S/C8H7Br2N3S/c1-13-7(10)6(12-8(13)11)4-2-3-5(9)14-4/h2-3H,1H3,(H2,11,12). The molecule has 3 nitrogen and oxygen atoms in total. The van der Waals surface area contributed by atoms with Gasteiger partial charge in [0.1, 0.15) is 10.3 Å². The maximum absolute atomic E-state index is 5.70. The second kappa shape index (κ2) is 3.67. The lowest BCUT2D eigenvalue weighted by atomic mass is 10.4. The van der Waals surface area contributed by atoms with Gasteiger partial charge in [0.2, 0.25) is 5.95 Å². The average Bonchev–Trinajstić information content (AvgIpc) is 2.66. The van der Waals surface area contributed by atoms with Gasteiger partial charge in [-0.2, -0.15) is 0 Å². The maximum Gasteiger partial charge on any atom is 0.201 e. The van der Waals surface area contributed by atoms with Crippen molar-refractivity contribution in [1.82, 2.24) is 9.55 Å². The van der Waals surface area contributed by atoms with E-state index in [0.717, 1.165) is 19.0 Å². The normalized spacial score (nSPS) is 10.8. The summed E-state index contributed by atoms with van der Waals surface area (Å²) in [6.45, 7) is 0. The molecular weight excluding hydrogens is 330 g/mol. The molecule has 2 heterocycles. The van der Waals surface area contributed by atoms with E-state index in [9.17, 15) is 0 Å². The van der Waals surface area contributed by atoms with Crippen LogP contribution in [0.2, 0.25) is 0 Å². The van der Waals surface area contributed by atoms with E-state index in [1.54, 1.807) is 11.3 Å². The number of nitrogens with two attached hydrogens (primary N) is 1. The number of thiophene rings is 1. The van der Waals surface area contributed by atoms with Gasteiger partial charge < -0.3 is 10.3 Å². The second-order valence-corrected chi connectivity index (χ2v) is 5.99. The van der Waals surface area contributed by atoms with Gasteiger partial charge in [0.25, 0.3) is 0 Å². The second-order valence-electron chi connectivity index (χ2n) is 2.77. The van der Waals surface area contributed by atoms with E-state index in [1.165, 1.54) is 0 Å². The number of nitrogens with zero attached hydrogens (tertiary/aromatic N) is 2. The third-order valence-electron chi connectivity index (χ3n) is 1.87. The Labute approximate surface area is 102 Å². The molecule has 0 atom stereocenters. The SMILES string of the molecule is Cn1c(N)nc(-c2ccc(Br)s2)c1Br. The summed E-state index contributed by atoms with van der Waals surface area (Å²) < 4.78 is 3.80. The Bertz CT molecular complexity index is 475. The quantitative estimate of drug-likeness (QED) is 0.868. The van der Waals surface area contributed by atoms with Crippen LogP contribution in [0.25, 0.3) is 10.6 Å². The lowest BCUT2D eigenvalue weighted by Crippen LogP contribution is -1.96. The van der Waals surface area contributed by atoms with Crippen molar-refractivity contribution in [2.75, 3.05) is 5.73 Å². The first-order valence-electron chi connectivity index (χ1n) is 3.83. The summed E-state index contributed by atoms with van der Waals surface area (Å²) in [4.78, 5) is 5.37. The van der Waals surface area contributed by atoms with Crippen LogP contribution in [-0.2, 0) is 7.05 Å². The number of anilines is 1. The van der Waals surface area contributed by atoms with Crippen molar-refractivity contribution in [1.29, 1.82) is 0 Å². The van der Waals surface area contributed by atoms with Gasteiger partial charge in [-0.25, -0.2) is 4.98 Å². The van der Waals surface area contributed by atoms with Gasteiger partial charge in [0.15, 0.2) is 0 Å². The Morgan fingerprint density at radius 1 is 1.43 bits per heavy atom. The van der Waals surface area contributed by atoms with E-state index < -0.39 is 0 Å². The van der Waals surface area contributed by atoms with Crippen LogP contribution in [0.5, 0.6) is 0 Å². The molecule has 74 valence electrons. The van der Waals surface area contributed by atoms with Crippen LogP contribution in [-0.4, -0.2) is 9.55 Å². The third-order valence-corrected chi connectivity index (χ3v) is 4.40. The topological polar surface area (TPSA) is 43.8 Å². The van der Waals surface area contributed by atoms with Gasteiger partial charge in [0.05, 0.1) is 8.66 Å². The zero-order valence-corrected chi connectivity index (χ0v) is 11.3. The van der Waals surface area contributed by atoms with Crippen LogP contribution >= 0.6 is 43.2 Å². The number of hydrogen-bond acceptors (Lipinski definition) is 3. The molecule has 0 aliphatic carbocycles. The Balaban J connectivity index is 2.57. The van der Waals surface area contributed by atoms with Gasteiger partial charge in [-0.3, -0.25) is 0 Å². The van der Waals surface area contributed by atoms with Gasteiger partial charge in [-0.15, -0.1) is 11.3 Å². The number of halogens is 2. The monoisotopic (exact) mass is 335 g/mol. The molecule has 0 spiro atoms. The van der Waals surface area contributed by atoms with Crippen LogP contribution in [0.4, 0.5) is 5.95 Å². The molecule has 2 N–H and O–H groups in total. The first-order valence-corrected chi connectivity index (χ1v) is 6.23. The molecule has 0 aliphatic rings. The molecule has 2 aromatic rings. The molecule has 2 rings (SSSR count). The average molecular weight is 337 g/mol. The van der Waals surface area contributed by atoms with Crippen molar-refractivity contribution in [2.24, 2.45) is 7.05 Å². The zero-order valence-electron chi connectivity index (χ0n) is 7.29. The van der Waals surface area contributed by atoms with E-state index in [2.05, 4.69) is 36.8 Å². The van der Waals surface area contributed by atoms with Crippen molar-refractivity contribution in [3.05, 3.63) is 20.5 Å². The van der Waals surface area contributed by atoms with E-state index in [-0.39, 0.29) is 0 Å². The molecule has 6 heteroatoms. The maximum atomic E-state index is 5.70. The fourth-order valence-electron chi connectivity index (χ4n) is 1.09. The van der Waals surface area contributed by atoms with Gasteiger partial charge in [-0.05, 0) is 44.0 Å². The molecule has 0 radical (unpaired) electrons. The zero-order chi connectivity index (χ0) is 10.3. The number of hydrogen-bond donors (Lipinski definition) is 1. The molecule has 0 saturated carbocycles. The van der Waals surface area contributed by atoms with Crippen LogP contribution in [0.15, 0.2) is 20.5 Å². The Kier molecular flexibility index (Phi) is 2.68. The van der Waals surface area contributed by atoms with Crippen molar-refractivity contribution in [3.8, 4) is 10.6 Å². The molecule has 0 unspecified atom stereocenters. The summed E-state index contributed by atoms with van der Waals surface area (Å²) in [6, 6.07) is 4.01. The summed E-state index contributed by atoms with van der Waals surface area (Å²) in [7, 11) is 1.87. The molecule has 0 aromatic carbocycles. The minimum absolute atomic E-state index is 0.511. The van der Waals surface area contributed by atoms with E-state index in [1.807, 2.05) is 23.7 Å². The van der Waals surface area contributed by atoms with Gasteiger partial charge in [0, 0.05) is 7.05 Å². The number of rotatable bonds is 1. The molecule has 0 saturated heterocycles. The van der Waals surface area contributed by atoms with Gasteiger partial charge in [-0.1, -0.05) is 0 Å². The first kappa shape index (κ1) is 10.2. The van der Waals surface area contributed by atoms with E-state index in [0.29, 0.717) is 5.95 Å². The first-order chi connectivity index (χ1) is 6.59. The summed E-state index contributed by atoms with van der Waals surface area (Å²) in [5, 5.41) is 0. The Morgan fingerprint density at radius 2 is 2.14 bits per heavy atom. The summed E-state index contributed by atoms with van der Waals surface area (Å²) in [6.07, 6.45) is 0. The summed E-state index contributed by atoms with van der Waals surface area (Å²) in [5.74, 6) is 0.511. The Morgan fingerprint density at radius 3 is 2.57 bits per heavy atom. The summed E-state index contributed by atoms with van der Waals surface area (Å²) >= 11 is 8.51. The molecule has 0 fully saturated rings. The molecule has 2 aromatic heterocycles. The van der Waals surface area contributed by atoms with Gasteiger partial charge >= 0.3 is 0 Å². The smallest absolute Gasteiger partial charge is 0.201 e. The predicted molar refractivity (Wildman–Crippen MR) is 66.3 cm³/mol. The highest BCUT2D eigenvalue weighted by molar-refractivity contribution is 9.11. The largest absolute Gasteiger partial charge is 0.369 e. The van der Waals surface area contributed by atoms with Crippen LogP contribution in [0.1, 0.15) is 0 Å². The lowest BCUT2D eigenvalue weighted by molar-refractivity contribution is 0.907. The van der Waals surface area contributed by atoms with E-state index >= 15 is 0 Å². The number of imidazole rings is 1. The van der Waals surface area contributed by atoms with Crippen molar-refractivity contribution in [2.45, 2.75) is 0 Å². The molecule has 0 aliphatic heterocycles. The number of nitrogen functional groups attached to an aromatic ring is 1.